The SMILES string of the molecule is Cc1cc(C(=O)N(O)CC(=O)OC(C)(C)C)cc(C)c1C. The fraction of sp³-hybridized carbons (Fsp3) is 0.500. The van der Waals surface area contributed by atoms with E-state index in [1.165, 1.54) is 0 Å². The summed E-state index contributed by atoms with van der Waals surface area (Å²) in [6.07, 6.45) is 0. The maximum absolute atomic E-state index is 12.1. The molecule has 0 saturated heterocycles. The number of ether oxygens (including phenoxy) is 1. The molecule has 0 aliphatic rings. The van der Waals surface area contributed by atoms with Gasteiger partial charge in [0.15, 0.2) is 0 Å². The smallest absolute Gasteiger partial charge is 0.328 e. The van der Waals surface area contributed by atoms with E-state index in [0.29, 0.717) is 10.6 Å². The van der Waals surface area contributed by atoms with E-state index in [0.717, 1.165) is 16.7 Å². The third-order valence-corrected chi connectivity index (χ3v) is 3.11. The second-order valence-electron chi connectivity index (χ2n) is 6.18. The van der Waals surface area contributed by atoms with Crippen molar-refractivity contribution in [3.63, 3.8) is 0 Å². The van der Waals surface area contributed by atoms with E-state index >= 15 is 0 Å². The minimum atomic E-state index is -0.655. The van der Waals surface area contributed by atoms with Crippen molar-refractivity contribution in [2.75, 3.05) is 6.54 Å². The number of carbonyl (C=O) groups is 2. The third-order valence-electron chi connectivity index (χ3n) is 3.11. The molecule has 0 radical (unpaired) electrons. The zero-order chi connectivity index (χ0) is 16.4. The van der Waals surface area contributed by atoms with Crippen molar-refractivity contribution >= 4 is 11.9 Å². The number of hydrogen-bond acceptors (Lipinski definition) is 4. The maximum Gasteiger partial charge on any atom is 0.328 e. The number of amides is 1. The van der Waals surface area contributed by atoms with Gasteiger partial charge in [0.1, 0.15) is 12.1 Å². The van der Waals surface area contributed by atoms with Gasteiger partial charge in [-0.1, -0.05) is 0 Å². The summed E-state index contributed by atoms with van der Waals surface area (Å²) in [5.74, 6) is -1.27. The molecule has 1 aromatic rings. The highest BCUT2D eigenvalue weighted by atomic mass is 16.6. The van der Waals surface area contributed by atoms with Crippen LogP contribution in [0.4, 0.5) is 0 Å². The molecule has 21 heavy (non-hydrogen) atoms. The van der Waals surface area contributed by atoms with Gasteiger partial charge in [-0.05, 0) is 70.4 Å². The van der Waals surface area contributed by atoms with Crippen LogP contribution in [-0.4, -0.2) is 34.3 Å². The molecule has 0 bridgehead atoms. The first-order valence-corrected chi connectivity index (χ1v) is 6.81. The van der Waals surface area contributed by atoms with Gasteiger partial charge in [-0.2, -0.15) is 0 Å². The van der Waals surface area contributed by atoms with Crippen molar-refractivity contribution < 1.29 is 19.5 Å². The van der Waals surface area contributed by atoms with Crippen molar-refractivity contribution in [1.82, 2.24) is 5.06 Å². The fourth-order valence-electron chi connectivity index (χ4n) is 1.88. The van der Waals surface area contributed by atoms with Gasteiger partial charge in [-0.15, -0.1) is 0 Å². The Morgan fingerprint density at radius 2 is 1.62 bits per heavy atom. The number of esters is 1. The van der Waals surface area contributed by atoms with Gasteiger partial charge in [0.05, 0.1) is 0 Å². The molecule has 0 aliphatic carbocycles. The van der Waals surface area contributed by atoms with Crippen molar-refractivity contribution in [3.8, 4) is 0 Å². The fourth-order valence-corrected chi connectivity index (χ4v) is 1.88. The molecule has 5 heteroatoms. The second kappa shape index (κ2) is 6.26. The molecule has 0 atom stereocenters. The van der Waals surface area contributed by atoms with Crippen molar-refractivity contribution in [1.29, 1.82) is 0 Å². The van der Waals surface area contributed by atoms with Crippen LogP contribution in [0.5, 0.6) is 0 Å². The van der Waals surface area contributed by atoms with Crippen LogP contribution >= 0.6 is 0 Å². The van der Waals surface area contributed by atoms with Crippen LogP contribution in [0.1, 0.15) is 47.8 Å². The Labute approximate surface area is 125 Å². The lowest BCUT2D eigenvalue weighted by Gasteiger charge is -2.21. The van der Waals surface area contributed by atoms with Gasteiger partial charge in [0, 0.05) is 5.56 Å². The molecule has 0 heterocycles. The summed E-state index contributed by atoms with van der Waals surface area (Å²) < 4.78 is 5.07. The normalized spacial score (nSPS) is 11.2. The molecule has 0 aromatic heterocycles. The zero-order valence-corrected chi connectivity index (χ0v) is 13.5. The highest BCUT2D eigenvalue weighted by Gasteiger charge is 2.22. The molecule has 116 valence electrons. The van der Waals surface area contributed by atoms with Crippen molar-refractivity contribution in [2.45, 2.75) is 47.1 Å². The summed E-state index contributed by atoms with van der Waals surface area (Å²) in [6, 6.07) is 3.39. The third kappa shape index (κ3) is 4.86. The van der Waals surface area contributed by atoms with E-state index in [4.69, 9.17) is 4.74 Å². The number of carbonyl (C=O) groups excluding carboxylic acids is 2. The molecule has 1 aromatic carbocycles. The van der Waals surface area contributed by atoms with Gasteiger partial charge < -0.3 is 4.74 Å². The number of aryl methyl sites for hydroxylation is 2. The molecule has 1 rings (SSSR count). The van der Waals surface area contributed by atoms with Crippen LogP contribution in [0, 0.1) is 20.8 Å². The lowest BCUT2D eigenvalue weighted by atomic mass is 10.0. The van der Waals surface area contributed by atoms with Gasteiger partial charge >= 0.3 is 5.97 Å². The number of nitrogens with zero attached hydrogens (tertiary/aromatic N) is 1. The second-order valence-corrected chi connectivity index (χ2v) is 6.18. The average Bonchev–Trinajstić information content (AvgIpc) is 2.31. The molecule has 0 aliphatic heterocycles. The van der Waals surface area contributed by atoms with Crippen LogP contribution in [0.2, 0.25) is 0 Å². The van der Waals surface area contributed by atoms with Crippen molar-refractivity contribution in [3.05, 3.63) is 34.4 Å². The van der Waals surface area contributed by atoms with Crippen LogP contribution in [0.15, 0.2) is 12.1 Å². The molecule has 1 amide bonds. The topological polar surface area (TPSA) is 66.8 Å². The first-order valence-electron chi connectivity index (χ1n) is 6.81. The number of rotatable bonds is 3. The predicted molar refractivity (Wildman–Crippen MR) is 79.3 cm³/mol. The largest absolute Gasteiger partial charge is 0.459 e. The molecule has 0 unspecified atom stereocenters. The van der Waals surface area contributed by atoms with Crippen LogP contribution in [0.25, 0.3) is 0 Å². The molecule has 1 N–H and O–H groups in total. The Hall–Kier alpha value is -1.88. The first kappa shape index (κ1) is 17.2. The lowest BCUT2D eigenvalue weighted by Crippen LogP contribution is -2.36. The number of hydroxylamine groups is 2. The Morgan fingerprint density at radius 1 is 1.14 bits per heavy atom. The minimum Gasteiger partial charge on any atom is -0.459 e. The maximum atomic E-state index is 12.1. The quantitative estimate of drug-likeness (QED) is 0.528. The lowest BCUT2D eigenvalue weighted by molar-refractivity contribution is -0.163. The Kier molecular flexibility index (Phi) is 5.12. The van der Waals surface area contributed by atoms with Crippen LogP contribution < -0.4 is 0 Å². The van der Waals surface area contributed by atoms with E-state index in [-0.39, 0.29) is 0 Å². The summed E-state index contributed by atoms with van der Waals surface area (Å²) in [7, 11) is 0. The summed E-state index contributed by atoms with van der Waals surface area (Å²) in [5, 5.41) is 10.2. The van der Waals surface area contributed by atoms with Gasteiger partial charge in [0.2, 0.25) is 0 Å². The molecular formula is C16H23NO4. The number of benzene rings is 1. The first-order chi connectivity index (χ1) is 9.51. The average molecular weight is 293 g/mol. The van der Waals surface area contributed by atoms with E-state index in [9.17, 15) is 14.8 Å². The molecule has 0 fully saturated rings. The Bertz CT molecular complexity index is 535. The summed E-state index contributed by atoms with van der Waals surface area (Å²) in [5.41, 5.74) is 2.72. The molecule has 0 spiro atoms. The Morgan fingerprint density at radius 3 is 2.05 bits per heavy atom. The zero-order valence-electron chi connectivity index (χ0n) is 13.5. The van der Waals surface area contributed by atoms with Gasteiger partial charge in [-0.25, -0.2) is 5.06 Å². The predicted octanol–water partition coefficient (Wildman–Crippen LogP) is 2.78. The number of hydrogen-bond donors (Lipinski definition) is 1. The summed E-state index contributed by atoms with van der Waals surface area (Å²) in [4.78, 5) is 23.7. The van der Waals surface area contributed by atoms with Gasteiger partial charge in [0.25, 0.3) is 5.91 Å². The van der Waals surface area contributed by atoms with E-state index in [2.05, 4.69) is 0 Å². The van der Waals surface area contributed by atoms with E-state index in [1.807, 2.05) is 20.8 Å². The molecule has 0 saturated carbocycles. The summed E-state index contributed by atoms with van der Waals surface area (Å²) in [6.45, 7) is 10.4. The Balaban J connectivity index is 2.82. The van der Waals surface area contributed by atoms with Crippen LogP contribution in [0.3, 0.4) is 0 Å². The highest BCUT2D eigenvalue weighted by molar-refractivity contribution is 5.95. The highest BCUT2D eigenvalue weighted by Crippen LogP contribution is 2.16. The van der Waals surface area contributed by atoms with Gasteiger partial charge in [-0.3, -0.25) is 14.8 Å². The minimum absolute atomic E-state index is 0.349. The standard InChI is InChI=1S/C16H23NO4/c1-10-7-13(8-11(2)12(10)3)15(19)17(20)9-14(18)21-16(4,5)6/h7-8,20H,9H2,1-6H3. The molecule has 5 nitrogen and oxygen atoms in total. The van der Waals surface area contributed by atoms with Crippen molar-refractivity contribution in [2.24, 2.45) is 0 Å². The van der Waals surface area contributed by atoms with E-state index in [1.54, 1.807) is 32.9 Å². The monoisotopic (exact) mass is 293 g/mol. The van der Waals surface area contributed by atoms with E-state index < -0.39 is 24.0 Å². The summed E-state index contributed by atoms with van der Waals surface area (Å²) >= 11 is 0. The molecular weight excluding hydrogens is 270 g/mol. The van der Waals surface area contributed by atoms with Crippen LogP contribution in [-0.2, 0) is 9.53 Å².